The third-order valence-electron chi connectivity index (χ3n) is 3.39. The second-order valence-electron chi connectivity index (χ2n) is 4.97. The van der Waals surface area contributed by atoms with E-state index in [1.807, 2.05) is 50.2 Å². The zero-order valence-electron chi connectivity index (χ0n) is 13.1. The van der Waals surface area contributed by atoms with Gasteiger partial charge in [0.2, 0.25) is 0 Å². The lowest BCUT2D eigenvalue weighted by Crippen LogP contribution is -2.32. The molecule has 4 nitrogen and oxygen atoms in total. The SMILES string of the molecule is CC[C@@H](Oc1ccccc1C)C(=O)Nc1ccccc1OC. The highest BCUT2D eigenvalue weighted by Crippen LogP contribution is 2.24. The summed E-state index contributed by atoms with van der Waals surface area (Å²) in [5.74, 6) is 1.17. The van der Waals surface area contributed by atoms with Crippen LogP contribution in [0.4, 0.5) is 5.69 Å². The van der Waals surface area contributed by atoms with Crippen molar-refractivity contribution in [3.05, 3.63) is 54.1 Å². The van der Waals surface area contributed by atoms with E-state index in [-0.39, 0.29) is 5.91 Å². The predicted octanol–water partition coefficient (Wildman–Crippen LogP) is 3.80. The number of methoxy groups -OCH3 is 1. The van der Waals surface area contributed by atoms with E-state index >= 15 is 0 Å². The largest absolute Gasteiger partial charge is 0.495 e. The number of rotatable bonds is 6. The highest BCUT2D eigenvalue weighted by atomic mass is 16.5. The molecule has 0 fully saturated rings. The van der Waals surface area contributed by atoms with Gasteiger partial charge in [0.1, 0.15) is 11.5 Å². The molecule has 116 valence electrons. The minimum Gasteiger partial charge on any atom is -0.495 e. The van der Waals surface area contributed by atoms with Crippen LogP contribution in [0.2, 0.25) is 0 Å². The molecule has 22 heavy (non-hydrogen) atoms. The van der Waals surface area contributed by atoms with Gasteiger partial charge >= 0.3 is 0 Å². The number of carbonyl (C=O) groups is 1. The molecule has 0 heterocycles. The van der Waals surface area contributed by atoms with Crippen LogP contribution in [0.1, 0.15) is 18.9 Å². The number of nitrogens with one attached hydrogen (secondary N) is 1. The van der Waals surface area contributed by atoms with E-state index in [0.29, 0.717) is 17.9 Å². The summed E-state index contributed by atoms with van der Waals surface area (Å²) < 4.78 is 11.1. The van der Waals surface area contributed by atoms with Gasteiger partial charge in [-0.25, -0.2) is 0 Å². The number of carbonyl (C=O) groups excluding carboxylic acids is 1. The van der Waals surface area contributed by atoms with Gasteiger partial charge < -0.3 is 14.8 Å². The van der Waals surface area contributed by atoms with Gasteiger partial charge in [-0.2, -0.15) is 0 Å². The molecule has 2 aromatic carbocycles. The fraction of sp³-hybridized carbons (Fsp3) is 0.278. The summed E-state index contributed by atoms with van der Waals surface area (Å²) in [6.45, 7) is 3.88. The molecule has 0 bridgehead atoms. The second-order valence-corrected chi connectivity index (χ2v) is 4.97. The first-order valence-corrected chi connectivity index (χ1v) is 7.32. The van der Waals surface area contributed by atoms with Crippen LogP contribution in [0, 0.1) is 6.92 Å². The van der Waals surface area contributed by atoms with Crippen molar-refractivity contribution >= 4 is 11.6 Å². The zero-order chi connectivity index (χ0) is 15.9. The molecule has 0 saturated heterocycles. The van der Waals surface area contributed by atoms with Crippen LogP contribution in [-0.2, 0) is 4.79 Å². The lowest BCUT2D eigenvalue weighted by Gasteiger charge is -2.19. The van der Waals surface area contributed by atoms with Gasteiger partial charge in [-0.05, 0) is 37.1 Å². The van der Waals surface area contributed by atoms with Gasteiger partial charge in [0.15, 0.2) is 6.10 Å². The predicted molar refractivity (Wildman–Crippen MR) is 87.5 cm³/mol. The first kappa shape index (κ1) is 15.9. The first-order chi connectivity index (χ1) is 10.7. The summed E-state index contributed by atoms with van der Waals surface area (Å²) in [7, 11) is 1.58. The van der Waals surface area contributed by atoms with Crippen molar-refractivity contribution in [3.63, 3.8) is 0 Å². The molecule has 0 saturated carbocycles. The van der Waals surface area contributed by atoms with Gasteiger partial charge in [-0.1, -0.05) is 37.3 Å². The summed E-state index contributed by atoms with van der Waals surface area (Å²) >= 11 is 0. The molecule has 0 spiro atoms. The molecule has 0 unspecified atom stereocenters. The molecule has 0 aliphatic carbocycles. The van der Waals surface area contributed by atoms with E-state index in [1.165, 1.54) is 0 Å². The Bertz CT molecular complexity index is 640. The third kappa shape index (κ3) is 3.79. The average Bonchev–Trinajstić information content (AvgIpc) is 2.54. The number of para-hydroxylation sites is 3. The van der Waals surface area contributed by atoms with E-state index in [2.05, 4.69) is 5.32 Å². The van der Waals surface area contributed by atoms with Crippen LogP contribution in [0.25, 0.3) is 0 Å². The third-order valence-corrected chi connectivity index (χ3v) is 3.39. The van der Waals surface area contributed by atoms with Gasteiger partial charge in [-0.15, -0.1) is 0 Å². The maximum Gasteiger partial charge on any atom is 0.265 e. The molecular formula is C18H21NO3. The standard InChI is InChI=1S/C18H21NO3/c1-4-15(22-16-11-7-5-9-13(16)2)18(20)19-14-10-6-8-12-17(14)21-3/h5-12,15H,4H2,1-3H3,(H,19,20)/t15-/m1/s1. The van der Waals surface area contributed by atoms with Crippen LogP contribution < -0.4 is 14.8 Å². The second kappa shape index (κ2) is 7.50. The molecule has 1 atom stereocenters. The Labute approximate surface area is 131 Å². The van der Waals surface area contributed by atoms with Crippen LogP contribution in [0.15, 0.2) is 48.5 Å². The molecule has 0 aliphatic rings. The fourth-order valence-corrected chi connectivity index (χ4v) is 2.13. The molecule has 0 radical (unpaired) electrons. The molecule has 1 N–H and O–H groups in total. The molecule has 0 aromatic heterocycles. The Morgan fingerprint density at radius 3 is 2.36 bits per heavy atom. The molecule has 2 aromatic rings. The van der Waals surface area contributed by atoms with Crippen molar-refractivity contribution < 1.29 is 14.3 Å². The summed E-state index contributed by atoms with van der Waals surface area (Å²) in [6.07, 6.45) is 0.0287. The summed E-state index contributed by atoms with van der Waals surface area (Å²) in [5.41, 5.74) is 1.65. The first-order valence-electron chi connectivity index (χ1n) is 7.32. The maximum atomic E-state index is 12.4. The minimum atomic E-state index is -0.550. The van der Waals surface area contributed by atoms with Crippen molar-refractivity contribution in [2.75, 3.05) is 12.4 Å². The van der Waals surface area contributed by atoms with Crippen molar-refractivity contribution in [2.45, 2.75) is 26.4 Å². The Morgan fingerprint density at radius 2 is 1.73 bits per heavy atom. The Kier molecular flexibility index (Phi) is 5.42. The molecule has 4 heteroatoms. The highest BCUT2D eigenvalue weighted by Gasteiger charge is 2.20. The monoisotopic (exact) mass is 299 g/mol. The van der Waals surface area contributed by atoms with E-state index in [0.717, 1.165) is 11.3 Å². The van der Waals surface area contributed by atoms with Crippen molar-refractivity contribution in [3.8, 4) is 11.5 Å². The van der Waals surface area contributed by atoms with Crippen LogP contribution in [0.3, 0.4) is 0 Å². The van der Waals surface area contributed by atoms with E-state index in [1.54, 1.807) is 19.2 Å². The molecule has 2 rings (SSSR count). The Morgan fingerprint density at radius 1 is 1.09 bits per heavy atom. The van der Waals surface area contributed by atoms with Gasteiger partial charge in [0, 0.05) is 0 Å². The van der Waals surface area contributed by atoms with Crippen LogP contribution >= 0.6 is 0 Å². The topological polar surface area (TPSA) is 47.6 Å². The van der Waals surface area contributed by atoms with Gasteiger partial charge in [0.05, 0.1) is 12.8 Å². The summed E-state index contributed by atoms with van der Waals surface area (Å²) in [5, 5.41) is 2.86. The number of aryl methyl sites for hydroxylation is 1. The summed E-state index contributed by atoms with van der Waals surface area (Å²) in [4.78, 5) is 12.4. The maximum absolute atomic E-state index is 12.4. The lowest BCUT2D eigenvalue weighted by atomic mass is 10.2. The van der Waals surface area contributed by atoms with E-state index in [4.69, 9.17) is 9.47 Å². The molecule has 0 aliphatic heterocycles. The van der Waals surface area contributed by atoms with E-state index < -0.39 is 6.10 Å². The van der Waals surface area contributed by atoms with Crippen molar-refractivity contribution in [1.29, 1.82) is 0 Å². The summed E-state index contributed by atoms with van der Waals surface area (Å²) in [6, 6.07) is 15.0. The average molecular weight is 299 g/mol. The lowest BCUT2D eigenvalue weighted by molar-refractivity contribution is -0.122. The Balaban J connectivity index is 2.11. The van der Waals surface area contributed by atoms with Crippen molar-refractivity contribution in [1.82, 2.24) is 0 Å². The number of ether oxygens (including phenoxy) is 2. The quantitative estimate of drug-likeness (QED) is 0.882. The normalized spacial score (nSPS) is 11.6. The number of hydrogen-bond acceptors (Lipinski definition) is 3. The van der Waals surface area contributed by atoms with Gasteiger partial charge in [0.25, 0.3) is 5.91 Å². The van der Waals surface area contributed by atoms with Crippen molar-refractivity contribution in [2.24, 2.45) is 0 Å². The van der Waals surface area contributed by atoms with E-state index in [9.17, 15) is 4.79 Å². The minimum absolute atomic E-state index is 0.185. The van der Waals surface area contributed by atoms with Crippen LogP contribution in [0.5, 0.6) is 11.5 Å². The molecule has 1 amide bonds. The molecular weight excluding hydrogens is 278 g/mol. The van der Waals surface area contributed by atoms with Crippen LogP contribution in [-0.4, -0.2) is 19.1 Å². The zero-order valence-corrected chi connectivity index (χ0v) is 13.1. The number of hydrogen-bond donors (Lipinski definition) is 1. The number of anilines is 1. The fourth-order valence-electron chi connectivity index (χ4n) is 2.13. The number of benzene rings is 2. The number of amides is 1. The smallest absolute Gasteiger partial charge is 0.265 e. The highest BCUT2D eigenvalue weighted by molar-refractivity contribution is 5.95. The Hall–Kier alpha value is -2.49. The van der Waals surface area contributed by atoms with Gasteiger partial charge in [-0.3, -0.25) is 4.79 Å².